The first kappa shape index (κ1) is 21.9. The number of hydrogen-bond donors (Lipinski definition) is 0. The van der Waals surface area contributed by atoms with E-state index in [4.69, 9.17) is 0 Å². The number of ether oxygens (including phenoxy) is 1. The fraction of sp³-hybridized carbons (Fsp3) is 0.0833. The molecular formula is C24H16F3N3O3S. The van der Waals surface area contributed by atoms with Gasteiger partial charge in [-0.1, -0.05) is 23.8 Å². The molecule has 0 fully saturated rings. The molecule has 3 heterocycles. The Labute approximate surface area is 192 Å². The second kappa shape index (κ2) is 7.84. The minimum atomic E-state index is -4.92. The summed E-state index contributed by atoms with van der Waals surface area (Å²) in [5, 5.41) is 0.866. The molecule has 0 aliphatic rings. The third-order valence-corrected chi connectivity index (χ3v) is 6.98. The maximum absolute atomic E-state index is 13.4. The van der Waals surface area contributed by atoms with Crippen molar-refractivity contribution < 1.29 is 26.3 Å². The summed E-state index contributed by atoms with van der Waals surface area (Å²) in [6, 6.07) is 15.7. The molecule has 0 radical (unpaired) electrons. The van der Waals surface area contributed by atoms with Crippen LogP contribution in [0.25, 0.3) is 33.1 Å². The van der Waals surface area contributed by atoms with Crippen LogP contribution in [0.15, 0.2) is 84.1 Å². The van der Waals surface area contributed by atoms with E-state index in [1.807, 2.05) is 6.92 Å². The van der Waals surface area contributed by atoms with Crippen molar-refractivity contribution in [1.29, 1.82) is 0 Å². The summed E-state index contributed by atoms with van der Waals surface area (Å²) in [5.74, 6) is -0.480. The van der Waals surface area contributed by atoms with Crippen LogP contribution in [0.5, 0.6) is 5.75 Å². The molecule has 34 heavy (non-hydrogen) atoms. The molecule has 0 aliphatic heterocycles. The third-order valence-electron chi connectivity index (χ3n) is 5.32. The Kier molecular flexibility index (Phi) is 5.05. The van der Waals surface area contributed by atoms with Crippen LogP contribution in [-0.4, -0.2) is 28.7 Å². The summed E-state index contributed by atoms with van der Waals surface area (Å²) in [7, 11) is -4.02. The Hall–Kier alpha value is -3.92. The van der Waals surface area contributed by atoms with E-state index in [9.17, 15) is 21.6 Å². The zero-order valence-corrected chi connectivity index (χ0v) is 18.4. The van der Waals surface area contributed by atoms with Crippen LogP contribution in [-0.2, 0) is 10.0 Å². The molecule has 0 spiro atoms. The molecule has 172 valence electrons. The third kappa shape index (κ3) is 3.86. The summed E-state index contributed by atoms with van der Waals surface area (Å²) < 4.78 is 71.4. The summed E-state index contributed by atoms with van der Waals surface area (Å²) in [5.41, 5.74) is 1.81. The maximum Gasteiger partial charge on any atom is 0.573 e. The average Bonchev–Trinajstić information content (AvgIpc) is 3.19. The van der Waals surface area contributed by atoms with E-state index < -0.39 is 22.1 Å². The number of fused-ring (bicyclic) bond motifs is 2. The Bertz CT molecular complexity index is 1640. The van der Waals surface area contributed by atoms with E-state index in [0.717, 1.165) is 9.54 Å². The Balaban J connectivity index is 1.76. The van der Waals surface area contributed by atoms with Gasteiger partial charge in [0.1, 0.15) is 5.52 Å². The van der Waals surface area contributed by atoms with Crippen molar-refractivity contribution in [3.63, 3.8) is 0 Å². The van der Waals surface area contributed by atoms with Crippen LogP contribution in [0.4, 0.5) is 13.2 Å². The lowest BCUT2D eigenvalue weighted by atomic mass is 10.0. The van der Waals surface area contributed by atoms with Crippen molar-refractivity contribution in [1.82, 2.24) is 13.9 Å². The lowest BCUT2D eigenvalue weighted by molar-refractivity contribution is -0.274. The van der Waals surface area contributed by atoms with Crippen LogP contribution < -0.4 is 4.74 Å². The standard InChI is InChI=1S/C24H16F3N3O3S/c1-15-6-8-18(9-7-15)34(31,32)30-14-20(19-5-3-11-29-23(19)30)17-12-16-4-2-10-28-22(16)21(13-17)33-24(25,26)27/h2-14H,1H3. The van der Waals surface area contributed by atoms with Gasteiger partial charge in [0, 0.05) is 34.9 Å². The molecule has 0 saturated carbocycles. The maximum atomic E-state index is 13.4. The molecule has 5 rings (SSSR count). The smallest absolute Gasteiger partial charge is 0.403 e. The highest BCUT2D eigenvalue weighted by Crippen LogP contribution is 2.38. The largest absolute Gasteiger partial charge is 0.573 e. The van der Waals surface area contributed by atoms with E-state index in [1.54, 1.807) is 42.5 Å². The van der Waals surface area contributed by atoms with Gasteiger partial charge in [-0.05, 0) is 55.0 Å². The van der Waals surface area contributed by atoms with Crippen LogP contribution >= 0.6 is 0 Å². The minimum Gasteiger partial charge on any atom is -0.403 e. The molecule has 0 saturated heterocycles. The molecular weight excluding hydrogens is 467 g/mol. The average molecular weight is 483 g/mol. The molecule has 5 aromatic rings. The lowest BCUT2D eigenvalue weighted by Crippen LogP contribution is -2.17. The second-order valence-electron chi connectivity index (χ2n) is 7.63. The van der Waals surface area contributed by atoms with Gasteiger partial charge in [-0.3, -0.25) is 4.98 Å². The number of alkyl halides is 3. The first-order valence-corrected chi connectivity index (χ1v) is 11.5. The number of hydrogen-bond acceptors (Lipinski definition) is 5. The predicted octanol–water partition coefficient (Wildman–Crippen LogP) is 5.70. The highest BCUT2D eigenvalue weighted by molar-refractivity contribution is 7.90. The van der Waals surface area contributed by atoms with E-state index in [2.05, 4.69) is 14.7 Å². The monoisotopic (exact) mass is 483 g/mol. The summed E-state index contributed by atoms with van der Waals surface area (Å²) in [6.07, 6.45) is -0.736. The Morgan fingerprint density at radius 2 is 1.65 bits per heavy atom. The van der Waals surface area contributed by atoms with Gasteiger partial charge < -0.3 is 4.74 Å². The number of aryl methyl sites for hydroxylation is 1. The molecule has 10 heteroatoms. The van der Waals surface area contributed by atoms with E-state index in [1.165, 1.54) is 36.8 Å². The first-order valence-electron chi connectivity index (χ1n) is 10.1. The van der Waals surface area contributed by atoms with E-state index in [0.29, 0.717) is 21.9 Å². The van der Waals surface area contributed by atoms with Crippen molar-refractivity contribution in [3.05, 3.63) is 84.8 Å². The molecule has 0 amide bonds. The Morgan fingerprint density at radius 1 is 0.941 bits per heavy atom. The summed E-state index contributed by atoms with van der Waals surface area (Å²) in [4.78, 5) is 8.32. The molecule has 6 nitrogen and oxygen atoms in total. The van der Waals surface area contributed by atoms with Gasteiger partial charge in [0.05, 0.1) is 4.90 Å². The van der Waals surface area contributed by atoms with Gasteiger partial charge in [0.25, 0.3) is 10.0 Å². The van der Waals surface area contributed by atoms with Gasteiger partial charge >= 0.3 is 6.36 Å². The highest BCUT2D eigenvalue weighted by atomic mass is 32.2. The summed E-state index contributed by atoms with van der Waals surface area (Å²) in [6.45, 7) is 1.84. The number of nitrogens with zero attached hydrogens (tertiary/aromatic N) is 3. The fourth-order valence-corrected chi connectivity index (χ4v) is 5.11. The number of rotatable bonds is 4. The number of pyridine rings is 2. The lowest BCUT2D eigenvalue weighted by Gasteiger charge is -2.12. The van der Waals surface area contributed by atoms with Crippen molar-refractivity contribution >= 4 is 32.0 Å². The van der Waals surface area contributed by atoms with Crippen molar-refractivity contribution in [2.45, 2.75) is 18.2 Å². The van der Waals surface area contributed by atoms with Gasteiger partial charge in [-0.25, -0.2) is 17.4 Å². The first-order chi connectivity index (χ1) is 16.1. The summed E-state index contributed by atoms with van der Waals surface area (Å²) >= 11 is 0. The minimum absolute atomic E-state index is 0.0396. The predicted molar refractivity (Wildman–Crippen MR) is 121 cm³/mol. The van der Waals surface area contributed by atoms with Gasteiger partial charge in [0.2, 0.25) is 0 Å². The van der Waals surface area contributed by atoms with Crippen LogP contribution in [0.2, 0.25) is 0 Å². The zero-order valence-electron chi connectivity index (χ0n) is 17.6. The van der Waals surface area contributed by atoms with Crippen molar-refractivity contribution in [2.75, 3.05) is 0 Å². The number of aromatic nitrogens is 3. The molecule has 0 unspecified atom stereocenters. The van der Waals surface area contributed by atoms with E-state index >= 15 is 0 Å². The van der Waals surface area contributed by atoms with E-state index in [-0.39, 0.29) is 16.1 Å². The van der Waals surface area contributed by atoms with Gasteiger partial charge in [-0.2, -0.15) is 0 Å². The van der Waals surface area contributed by atoms with Crippen LogP contribution in [0.1, 0.15) is 5.56 Å². The fourth-order valence-electron chi connectivity index (χ4n) is 3.78. The van der Waals surface area contributed by atoms with Crippen molar-refractivity contribution in [3.8, 4) is 16.9 Å². The SMILES string of the molecule is Cc1ccc(S(=O)(=O)n2cc(-c3cc(OC(F)(F)F)c4ncccc4c3)c3cccnc32)cc1. The molecule has 2 aromatic carbocycles. The molecule has 0 bridgehead atoms. The molecule has 0 atom stereocenters. The zero-order chi connectivity index (χ0) is 24.1. The molecule has 0 N–H and O–H groups in total. The van der Waals surface area contributed by atoms with Crippen LogP contribution in [0, 0.1) is 6.92 Å². The number of benzene rings is 2. The van der Waals surface area contributed by atoms with Crippen LogP contribution in [0.3, 0.4) is 0 Å². The van der Waals surface area contributed by atoms with Gasteiger partial charge in [0.15, 0.2) is 11.4 Å². The Morgan fingerprint density at radius 3 is 2.38 bits per heavy atom. The molecule has 3 aromatic heterocycles. The molecule has 0 aliphatic carbocycles. The second-order valence-corrected chi connectivity index (χ2v) is 9.44. The number of halogens is 3. The van der Waals surface area contributed by atoms with Crippen molar-refractivity contribution in [2.24, 2.45) is 0 Å². The van der Waals surface area contributed by atoms with Gasteiger partial charge in [-0.15, -0.1) is 13.2 Å². The topological polar surface area (TPSA) is 74.1 Å². The normalized spacial score (nSPS) is 12.4. The quantitative estimate of drug-likeness (QED) is 0.328. The highest BCUT2D eigenvalue weighted by Gasteiger charge is 2.32.